The van der Waals surface area contributed by atoms with Crippen LogP contribution in [0.3, 0.4) is 0 Å². The molecule has 0 aliphatic carbocycles. The summed E-state index contributed by atoms with van der Waals surface area (Å²) in [5.41, 5.74) is 2.29. The van der Waals surface area contributed by atoms with Crippen LogP contribution in [0.4, 0.5) is 0 Å². The van der Waals surface area contributed by atoms with Crippen LogP contribution in [0.2, 0.25) is 5.02 Å². The van der Waals surface area contributed by atoms with Gasteiger partial charge < -0.3 is 14.6 Å². The van der Waals surface area contributed by atoms with Gasteiger partial charge in [0.15, 0.2) is 0 Å². The molecule has 0 unspecified atom stereocenters. The van der Waals surface area contributed by atoms with Crippen LogP contribution in [0.1, 0.15) is 15.9 Å². The summed E-state index contributed by atoms with van der Waals surface area (Å²) in [4.78, 5) is 29.4. The van der Waals surface area contributed by atoms with E-state index in [4.69, 9.17) is 16.3 Å². The number of aromatic nitrogens is 1. The van der Waals surface area contributed by atoms with Crippen LogP contribution in [0.5, 0.6) is 0 Å². The van der Waals surface area contributed by atoms with Crippen molar-refractivity contribution in [2.45, 2.75) is 0 Å². The number of fused-ring (bicyclic) bond motifs is 1. The summed E-state index contributed by atoms with van der Waals surface area (Å²) in [6, 6.07) is 14.2. The monoisotopic (exact) mass is 368 g/mol. The number of methoxy groups -OCH3 is 1. The number of H-pyrrole nitrogens is 1. The fraction of sp³-hybridized carbons (Fsp3) is 0.100. The summed E-state index contributed by atoms with van der Waals surface area (Å²) < 4.78 is 4.87. The zero-order valence-corrected chi connectivity index (χ0v) is 15.1. The third kappa shape index (κ3) is 3.48. The summed E-state index contributed by atoms with van der Waals surface area (Å²) in [6.07, 6.45) is 3.42. The van der Waals surface area contributed by atoms with Gasteiger partial charge in [-0.15, -0.1) is 0 Å². The summed E-state index contributed by atoms with van der Waals surface area (Å²) >= 11 is 5.87. The molecule has 0 aliphatic heterocycles. The zero-order chi connectivity index (χ0) is 18.7. The Kier molecular flexibility index (Phi) is 5.09. The molecule has 1 aromatic heterocycles. The van der Waals surface area contributed by atoms with Crippen molar-refractivity contribution in [3.63, 3.8) is 0 Å². The van der Waals surface area contributed by atoms with E-state index in [9.17, 15) is 9.59 Å². The maximum absolute atomic E-state index is 12.7. The summed E-state index contributed by atoms with van der Waals surface area (Å²) in [6.45, 7) is 0. The lowest BCUT2D eigenvalue weighted by Gasteiger charge is -2.19. The van der Waals surface area contributed by atoms with E-state index in [0.717, 1.165) is 16.5 Å². The van der Waals surface area contributed by atoms with Crippen molar-refractivity contribution >= 4 is 40.5 Å². The van der Waals surface area contributed by atoms with E-state index >= 15 is 0 Å². The SMILES string of the molecule is COC(=O)C(=Cc1c[nH]c2ccccc12)N(C)C(=O)c1ccc(Cl)cc1. The Morgan fingerprint density at radius 1 is 1.12 bits per heavy atom. The van der Waals surface area contributed by atoms with Crippen LogP contribution < -0.4 is 0 Å². The summed E-state index contributed by atoms with van der Waals surface area (Å²) in [5.74, 6) is -0.932. The smallest absolute Gasteiger partial charge is 0.354 e. The highest BCUT2D eigenvalue weighted by Gasteiger charge is 2.22. The summed E-state index contributed by atoms with van der Waals surface area (Å²) in [7, 11) is 2.82. The molecule has 3 rings (SSSR count). The Morgan fingerprint density at radius 2 is 1.81 bits per heavy atom. The minimum Gasteiger partial charge on any atom is -0.464 e. The Balaban J connectivity index is 2.01. The predicted molar refractivity (Wildman–Crippen MR) is 102 cm³/mol. The number of benzene rings is 2. The molecule has 3 aromatic rings. The second-order valence-corrected chi connectivity index (χ2v) is 6.12. The van der Waals surface area contributed by atoms with E-state index < -0.39 is 5.97 Å². The summed E-state index contributed by atoms with van der Waals surface area (Å²) in [5, 5.41) is 1.48. The molecule has 2 aromatic carbocycles. The van der Waals surface area contributed by atoms with E-state index in [1.807, 2.05) is 24.3 Å². The first-order valence-electron chi connectivity index (χ1n) is 7.91. The molecule has 0 bridgehead atoms. The van der Waals surface area contributed by atoms with Gasteiger partial charge in [0.2, 0.25) is 0 Å². The highest BCUT2D eigenvalue weighted by molar-refractivity contribution is 6.30. The number of esters is 1. The van der Waals surface area contributed by atoms with Gasteiger partial charge >= 0.3 is 5.97 Å². The van der Waals surface area contributed by atoms with Gasteiger partial charge in [-0.2, -0.15) is 0 Å². The number of nitrogens with zero attached hydrogens (tertiary/aromatic N) is 1. The van der Waals surface area contributed by atoms with Gasteiger partial charge in [0.1, 0.15) is 5.70 Å². The van der Waals surface area contributed by atoms with E-state index in [-0.39, 0.29) is 11.6 Å². The van der Waals surface area contributed by atoms with Gasteiger partial charge in [-0.25, -0.2) is 4.79 Å². The van der Waals surface area contributed by atoms with Crippen molar-refractivity contribution in [2.75, 3.05) is 14.2 Å². The van der Waals surface area contributed by atoms with E-state index in [1.165, 1.54) is 19.1 Å². The molecule has 0 atom stereocenters. The topological polar surface area (TPSA) is 62.4 Å². The third-order valence-corrected chi connectivity index (χ3v) is 4.32. The average Bonchev–Trinajstić information content (AvgIpc) is 3.08. The number of likely N-dealkylation sites (N-methyl/N-ethyl adjacent to an activating group) is 1. The molecule has 0 saturated carbocycles. The molecule has 1 N–H and O–H groups in total. The van der Waals surface area contributed by atoms with Crippen molar-refractivity contribution in [1.82, 2.24) is 9.88 Å². The lowest BCUT2D eigenvalue weighted by molar-refractivity contribution is -0.137. The number of rotatable bonds is 4. The first-order valence-corrected chi connectivity index (χ1v) is 8.29. The fourth-order valence-electron chi connectivity index (χ4n) is 2.65. The molecule has 1 heterocycles. The maximum atomic E-state index is 12.7. The Labute approximate surface area is 155 Å². The molecule has 0 saturated heterocycles. The number of hydrogen-bond acceptors (Lipinski definition) is 3. The van der Waals surface area contributed by atoms with Gasteiger partial charge in [0.05, 0.1) is 7.11 Å². The first-order chi connectivity index (χ1) is 12.5. The number of para-hydroxylation sites is 1. The maximum Gasteiger partial charge on any atom is 0.354 e. The van der Waals surface area contributed by atoms with Crippen molar-refractivity contribution in [3.8, 4) is 0 Å². The van der Waals surface area contributed by atoms with Crippen LogP contribution >= 0.6 is 11.6 Å². The highest BCUT2D eigenvalue weighted by Crippen LogP contribution is 2.22. The molecule has 5 nitrogen and oxygen atoms in total. The standard InChI is InChI=1S/C20H17ClN2O3/c1-23(19(24)13-7-9-15(21)10-8-13)18(20(25)26-2)11-14-12-22-17-6-4-3-5-16(14)17/h3-12,22H,1-2H3. The van der Waals surface area contributed by atoms with Gasteiger partial charge in [0.25, 0.3) is 5.91 Å². The number of aromatic amines is 1. The second-order valence-electron chi connectivity index (χ2n) is 5.68. The minimum atomic E-state index is -0.597. The number of carbonyl (C=O) groups is 2. The quantitative estimate of drug-likeness (QED) is 0.557. The number of nitrogens with one attached hydrogen (secondary N) is 1. The molecule has 0 radical (unpaired) electrons. The molecular formula is C20H17ClN2O3. The number of hydrogen-bond donors (Lipinski definition) is 1. The molecule has 0 aliphatic rings. The minimum absolute atomic E-state index is 0.136. The van der Waals surface area contributed by atoms with Crippen molar-refractivity contribution in [1.29, 1.82) is 0 Å². The normalized spacial score (nSPS) is 11.4. The van der Waals surface area contributed by atoms with Crippen molar-refractivity contribution in [3.05, 3.63) is 76.6 Å². The molecular weight excluding hydrogens is 352 g/mol. The average molecular weight is 369 g/mol. The van der Waals surface area contributed by atoms with Gasteiger partial charge in [-0.05, 0) is 36.4 Å². The van der Waals surface area contributed by atoms with E-state index in [1.54, 1.807) is 36.5 Å². The van der Waals surface area contributed by atoms with Crippen LogP contribution in [0, 0.1) is 0 Å². The fourth-order valence-corrected chi connectivity index (χ4v) is 2.78. The van der Waals surface area contributed by atoms with Gasteiger partial charge in [-0.3, -0.25) is 4.79 Å². The van der Waals surface area contributed by atoms with Gasteiger partial charge in [-0.1, -0.05) is 29.8 Å². The van der Waals surface area contributed by atoms with E-state index in [0.29, 0.717) is 10.6 Å². The van der Waals surface area contributed by atoms with Crippen LogP contribution in [0.15, 0.2) is 60.4 Å². The lowest BCUT2D eigenvalue weighted by Crippen LogP contribution is -2.30. The molecule has 6 heteroatoms. The molecule has 26 heavy (non-hydrogen) atoms. The second kappa shape index (κ2) is 7.45. The van der Waals surface area contributed by atoms with Crippen molar-refractivity contribution in [2.24, 2.45) is 0 Å². The number of halogens is 1. The largest absolute Gasteiger partial charge is 0.464 e. The van der Waals surface area contributed by atoms with Gasteiger partial charge in [0, 0.05) is 40.3 Å². The van der Waals surface area contributed by atoms with Crippen molar-refractivity contribution < 1.29 is 14.3 Å². The lowest BCUT2D eigenvalue weighted by atomic mass is 10.1. The Hall–Kier alpha value is -3.05. The number of amides is 1. The third-order valence-electron chi connectivity index (χ3n) is 4.07. The molecule has 0 fully saturated rings. The molecule has 132 valence electrons. The predicted octanol–water partition coefficient (Wildman–Crippen LogP) is 4.11. The van der Waals surface area contributed by atoms with Crippen LogP contribution in [-0.4, -0.2) is 35.9 Å². The Bertz CT molecular complexity index is 990. The first kappa shape index (κ1) is 17.8. The number of ether oxygens (including phenoxy) is 1. The van der Waals surface area contributed by atoms with Crippen LogP contribution in [-0.2, 0) is 9.53 Å². The number of carbonyl (C=O) groups excluding carboxylic acids is 2. The highest BCUT2D eigenvalue weighted by atomic mass is 35.5. The Morgan fingerprint density at radius 3 is 2.50 bits per heavy atom. The van der Waals surface area contributed by atoms with Crippen LogP contribution in [0.25, 0.3) is 17.0 Å². The van der Waals surface area contributed by atoms with E-state index in [2.05, 4.69) is 4.98 Å². The molecule has 1 amide bonds. The zero-order valence-electron chi connectivity index (χ0n) is 14.3. The molecule has 0 spiro atoms.